The van der Waals surface area contributed by atoms with Crippen molar-refractivity contribution in [3.8, 4) is 0 Å². The predicted molar refractivity (Wildman–Crippen MR) is 65.5 cm³/mol. The number of carboxylic acid groups (broad SMARTS) is 1. The van der Waals surface area contributed by atoms with Gasteiger partial charge in [-0.05, 0) is 19.3 Å². The lowest BCUT2D eigenvalue weighted by Crippen LogP contribution is -2.16. The second kappa shape index (κ2) is 5.57. The molecule has 1 aromatic rings. The van der Waals surface area contributed by atoms with Crippen molar-refractivity contribution in [2.45, 2.75) is 33.1 Å². The number of pyridine rings is 1. The molecule has 1 N–H and O–H groups in total. The highest BCUT2D eigenvalue weighted by atomic mass is 16.6. The first-order valence-corrected chi connectivity index (χ1v) is 5.66. The van der Waals surface area contributed by atoms with Crippen LogP contribution >= 0.6 is 0 Å². The first-order chi connectivity index (χ1) is 8.32. The summed E-state index contributed by atoms with van der Waals surface area (Å²) in [4.78, 5) is 25.5. The first kappa shape index (κ1) is 14.1. The summed E-state index contributed by atoms with van der Waals surface area (Å²) in [5, 5.41) is 20.0. The summed E-state index contributed by atoms with van der Waals surface area (Å²) in [5.74, 6) is -1.63. The van der Waals surface area contributed by atoms with Crippen LogP contribution in [0.1, 0.15) is 37.4 Å². The van der Waals surface area contributed by atoms with Crippen LogP contribution in [-0.4, -0.2) is 21.0 Å². The Hall–Kier alpha value is -1.98. The van der Waals surface area contributed by atoms with Crippen molar-refractivity contribution >= 4 is 11.7 Å². The lowest BCUT2D eigenvalue weighted by atomic mass is 9.93. The van der Waals surface area contributed by atoms with Gasteiger partial charge in [0.1, 0.15) is 0 Å². The molecule has 1 rings (SSSR count). The van der Waals surface area contributed by atoms with Crippen molar-refractivity contribution in [1.29, 1.82) is 0 Å². The fourth-order valence-electron chi connectivity index (χ4n) is 1.74. The number of aromatic nitrogens is 1. The molecule has 0 aliphatic rings. The Balaban J connectivity index is 3.17. The van der Waals surface area contributed by atoms with E-state index in [1.807, 2.05) is 13.8 Å². The Bertz CT molecular complexity index is 471. The lowest BCUT2D eigenvalue weighted by Gasteiger charge is -2.14. The van der Waals surface area contributed by atoms with Crippen LogP contribution in [0.15, 0.2) is 12.3 Å². The molecule has 0 saturated heterocycles. The third-order valence-corrected chi connectivity index (χ3v) is 2.65. The molecule has 0 fully saturated rings. The second-order valence-electron chi connectivity index (χ2n) is 4.67. The van der Waals surface area contributed by atoms with Gasteiger partial charge in [-0.1, -0.05) is 13.8 Å². The molecule has 0 amide bonds. The van der Waals surface area contributed by atoms with Crippen LogP contribution in [-0.2, 0) is 4.79 Å². The Labute approximate surface area is 105 Å². The molecule has 6 nitrogen and oxygen atoms in total. The van der Waals surface area contributed by atoms with Crippen LogP contribution in [0, 0.1) is 23.0 Å². The van der Waals surface area contributed by atoms with E-state index in [0.717, 1.165) is 0 Å². The topological polar surface area (TPSA) is 93.3 Å². The maximum atomic E-state index is 11.2. The van der Waals surface area contributed by atoms with Gasteiger partial charge in [0.15, 0.2) is 0 Å². The maximum Gasteiger partial charge on any atom is 0.312 e. The molecule has 0 aliphatic carbocycles. The van der Waals surface area contributed by atoms with Gasteiger partial charge in [0, 0.05) is 17.8 Å². The van der Waals surface area contributed by atoms with Gasteiger partial charge < -0.3 is 5.11 Å². The zero-order valence-electron chi connectivity index (χ0n) is 10.6. The summed E-state index contributed by atoms with van der Waals surface area (Å²) < 4.78 is 0. The zero-order valence-corrected chi connectivity index (χ0v) is 10.6. The molecule has 98 valence electrons. The van der Waals surface area contributed by atoms with E-state index in [9.17, 15) is 14.9 Å². The largest absolute Gasteiger partial charge is 0.481 e. The summed E-state index contributed by atoms with van der Waals surface area (Å²) in [6.45, 7) is 5.38. The van der Waals surface area contributed by atoms with Crippen molar-refractivity contribution in [2.24, 2.45) is 5.92 Å². The van der Waals surface area contributed by atoms with Crippen molar-refractivity contribution in [3.63, 3.8) is 0 Å². The molecule has 6 heteroatoms. The van der Waals surface area contributed by atoms with E-state index in [1.165, 1.54) is 12.3 Å². The smallest absolute Gasteiger partial charge is 0.312 e. The second-order valence-corrected chi connectivity index (χ2v) is 4.67. The van der Waals surface area contributed by atoms with Gasteiger partial charge in [0.2, 0.25) is 0 Å². The molecule has 0 spiro atoms. The molecular formula is C12H16N2O4. The molecule has 0 bridgehead atoms. The summed E-state index contributed by atoms with van der Waals surface area (Å²) in [6, 6.07) is 1.26. The molecular weight excluding hydrogens is 236 g/mol. The molecule has 0 saturated carbocycles. The van der Waals surface area contributed by atoms with Crippen molar-refractivity contribution in [2.75, 3.05) is 0 Å². The summed E-state index contributed by atoms with van der Waals surface area (Å²) in [7, 11) is 0. The Morgan fingerprint density at radius 1 is 1.56 bits per heavy atom. The number of rotatable bonds is 5. The SMILES string of the molecule is Cc1cnc(C(CC(C)C)C(=O)O)cc1[N+](=O)[O-]. The van der Waals surface area contributed by atoms with Gasteiger partial charge in [-0.3, -0.25) is 19.9 Å². The molecule has 1 atom stereocenters. The number of nitro groups is 1. The van der Waals surface area contributed by atoms with Gasteiger partial charge >= 0.3 is 5.97 Å². The number of aliphatic carboxylic acids is 1. The highest BCUT2D eigenvalue weighted by Gasteiger charge is 2.25. The number of carbonyl (C=O) groups is 1. The predicted octanol–water partition coefficient (Wildman–Crippen LogP) is 2.51. The van der Waals surface area contributed by atoms with Crippen molar-refractivity contribution in [3.05, 3.63) is 33.6 Å². The summed E-state index contributed by atoms with van der Waals surface area (Å²) in [6.07, 6.45) is 1.76. The van der Waals surface area contributed by atoms with E-state index in [4.69, 9.17) is 5.11 Å². The lowest BCUT2D eigenvalue weighted by molar-refractivity contribution is -0.385. The fraction of sp³-hybridized carbons (Fsp3) is 0.500. The first-order valence-electron chi connectivity index (χ1n) is 5.66. The Morgan fingerprint density at radius 3 is 2.61 bits per heavy atom. The average molecular weight is 252 g/mol. The monoisotopic (exact) mass is 252 g/mol. The normalized spacial score (nSPS) is 12.4. The minimum atomic E-state index is -1.01. The number of hydrogen-bond donors (Lipinski definition) is 1. The number of aryl methyl sites for hydroxylation is 1. The van der Waals surface area contributed by atoms with E-state index in [0.29, 0.717) is 12.0 Å². The number of nitrogens with zero attached hydrogens (tertiary/aromatic N) is 2. The Morgan fingerprint density at radius 2 is 2.17 bits per heavy atom. The Kier molecular flexibility index (Phi) is 4.36. The van der Waals surface area contributed by atoms with E-state index in [2.05, 4.69) is 4.98 Å². The quantitative estimate of drug-likeness (QED) is 0.641. The minimum Gasteiger partial charge on any atom is -0.481 e. The van der Waals surface area contributed by atoms with E-state index < -0.39 is 16.8 Å². The van der Waals surface area contributed by atoms with E-state index in [1.54, 1.807) is 6.92 Å². The molecule has 1 unspecified atom stereocenters. The highest BCUT2D eigenvalue weighted by Crippen LogP contribution is 2.26. The van der Waals surface area contributed by atoms with Crippen LogP contribution in [0.25, 0.3) is 0 Å². The van der Waals surface area contributed by atoms with Crippen molar-refractivity contribution < 1.29 is 14.8 Å². The summed E-state index contributed by atoms with van der Waals surface area (Å²) >= 11 is 0. The number of hydrogen-bond acceptors (Lipinski definition) is 4. The van der Waals surface area contributed by atoms with Gasteiger partial charge in [-0.2, -0.15) is 0 Å². The molecule has 18 heavy (non-hydrogen) atoms. The third-order valence-electron chi connectivity index (χ3n) is 2.65. The zero-order chi connectivity index (χ0) is 13.9. The van der Waals surface area contributed by atoms with Crippen molar-refractivity contribution in [1.82, 2.24) is 4.98 Å². The summed E-state index contributed by atoms with van der Waals surface area (Å²) in [5.41, 5.74) is 0.584. The van der Waals surface area contributed by atoms with Crippen LogP contribution in [0.5, 0.6) is 0 Å². The maximum absolute atomic E-state index is 11.2. The number of carboxylic acids is 1. The van der Waals surface area contributed by atoms with E-state index in [-0.39, 0.29) is 17.3 Å². The fourth-order valence-corrected chi connectivity index (χ4v) is 1.74. The van der Waals surface area contributed by atoms with Gasteiger partial charge in [-0.15, -0.1) is 0 Å². The van der Waals surface area contributed by atoms with Gasteiger partial charge in [0.05, 0.1) is 16.5 Å². The molecule has 1 heterocycles. The van der Waals surface area contributed by atoms with Crippen LogP contribution in [0.2, 0.25) is 0 Å². The average Bonchev–Trinajstić information content (AvgIpc) is 2.26. The molecule has 0 radical (unpaired) electrons. The minimum absolute atomic E-state index is 0.0880. The van der Waals surface area contributed by atoms with Gasteiger partial charge in [-0.25, -0.2) is 0 Å². The van der Waals surface area contributed by atoms with Crippen LogP contribution in [0.3, 0.4) is 0 Å². The molecule has 0 aromatic carbocycles. The van der Waals surface area contributed by atoms with Crippen LogP contribution < -0.4 is 0 Å². The third kappa shape index (κ3) is 3.26. The van der Waals surface area contributed by atoms with E-state index >= 15 is 0 Å². The highest BCUT2D eigenvalue weighted by molar-refractivity contribution is 5.75. The molecule has 1 aromatic heterocycles. The van der Waals surface area contributed by atoms with Gasteiger partial charge in [0.25, 0.3) is 5.69 Å². The van der Waals surface area contributed by atoms with Crippen LogP contribution in [0.4, 0.5) is 5.69 Å². The standard InChI is InChI=1S/C12H16N2O4/c1-7(2)4-9(12(15)16)10-5-11(14(17)18)8(3)6-13-10/h5-7,9H,4H2,1-3H3,(H,15,16). The molecule has 0 aliphatic heterocycles.